The number of hydrogen-bond acceptors (Lipinski definition) is 1. The maximum atomic E-state index is 12.2. The van der Waals surface area contributed by atoms with Gasteiger partial charge in [0.1, 0.15) is 0 Å². The van der Waals surface area contributed by atoms with E-state index in [1.807, 2.05) is 18.7 Å². The molecule has 0 bridgehead atoms. The van der Waals surface area contributed by atoms with Gasteiger partial charge in [-0.1, -0.05) is 20.8 Å². The third-order valence-electron chi connectivity index (χ3n) is 3.94. The number of amides is 1. The lowest BCUT2D eigenvalue weighted by atomic mass is 9.86. The molecule has 0 spiro atoms. The van der Waals surface area contributed by atoms with Crippen LogP contribution in [0, 0.1) is 11.3 Å². The lowest BCUT2D eigenvalue weighted by molar-refractivity contribution is -0.142. The van der Waals surface area contributed by atoms with Crippen LogP contribution in [0.5, 0.6) is 0 Å². The highest BCUT2D eigenvalue weighted by Gasteiger charge is 2.33. The molecule has 94 valence electrons. The smallest absolute Gasteiger partial charge is 0.228 e. The van der Waals surface area contributed by atoms with Crippen molar-refractivity contribution >= 4 is 17.5 Å². The predicted octanol–water partition coefficient (Wildman–Crippen LogP) is 3.29. The quantitative estimate of drug-likeness (QED) is 0.699. The Labute approximate surface area is 104 Å². The van der Waals surface area contributed by atoms with Gasteiger partial charge in [0, 0.05) is 23.9 Å². The molecule has 2 nitrogen and oxygen atoms in total. The van der Waals surface area contributed by atoms with Crippen LogP contribution in [0.15, 0.2) is 0 Å². The number of halogens is 1. The monoisotopic (exact) mass is 245 g/mol. The number of likely N-dealkylation sites (tertiary alicyclic amines) is 1. The zero-order valence-corrected chi connectivity index (χ0v) is 11.7. The number of piperidine rings is 1. The topological polar surface area (TPSA) is 20.3 Å². The average molecular weight is 246 g/mol. The highest BCUT2D eigenvalue weighted by Crippen LogP contribution is 2.28. The summed E-state index contributed by atoms with van der Waals surface area (Å²) in [5, 5.41) is 0.233. The van der Waals surface area contributed by atoms with E-state index in [9.17, 15) is 4.79 Å². The van der Waals surface area contributed by atoms with Gasteiger partial charge in [-0.3, -0.25) is 4.79 Å². The van der Waals surface area contributed by atoms with Crippen molar-refractivity contribution in [3.05, 3.63) is 0 Å². The fourth-order valence-electron chi connectivity index (χ4n) is 2.14. The molecule has 1 rings (SSSR count). The molecule has 0 radical (unpaired) electrons. The molecule has 0 N–H and O–H groups in total. The van der Waals surface area contributed by atoms with E-state index in [1.54, 1.807) is 0 Å². The van der Waals surface area contributed by atoms with Gasteiger partial charge in [0.25, 0.3) is 0 Å². The molecule has 1 fully saturated rings. The normalized spacial score (nSPS) is 20.9. The largest absolute Gasteiger partial charge is 0.342 e. The number of rotatable bonds is 3. The van der Waals surface area contributed by atoms with E-state index in [1.165, 1.54) is 0 Å². The Hall–Kier alpha value is -0.240. The Morgan fingerprint density at radius 3 is 2.31 bits per heavy atom. The molecule has 0 aromatic rings. The molecule has 1 heterocycles. The summed E-state index contributed by atoms with van der Waals surface area (Å²) in [6.45, 7) is 9.95. The molecule has 0 aromatic heterocycles. The van der Waals surface area contributed by atoms with Crippen molar-refractivity contribution < 1.29 is 4.79 Å². The SMILES string of the molecule is CCC(C)(C)C(=O)N1CCC(C(C)Cl)CC1. The van der Waals surface area contributed by atoms with Crippen molar-refractivity contribution in [2.45, 2.75) is 52.3 Å². The van der Waals surface area contributed by atoms with Crippen molar-refractivity contribution in [1.82, 2.24) is 4.90 Å². The minimum absolute atomic E-state index is 0.209. The summed E-state index contributed by atoms with van der Waals surface area (Å²) in [4.78, 5) is 14.2. The molecular formula is C13H24ClNO. The molecule has 1 atom stereocenters. The molecule has 16 heavy (non-hydrogen) atoms. The van der Waals surface area contributed by atoms with Crippen LogP contribution < -0.4 is 0 Å². The first-order valence-corrected chi connectivity index (χ1v) is 6.75. The molecule has 0 aliphatic carbocycles. The van der Waals surface area contributed by atoms with Gasteiger partial charge in [-0.25, -0.2) is 0 Å². The third kappa shape index (κ3) is 3.13. The molecule has 0 saturated carbocycles. The van der Waals surface area contributed by atoms with Crippen LogP contribution in [0.3, 0.4) is 0 Å². The minimum atomic E-state index is -0.209. The molecule has 1 unspecified atom stereocenters. The van der Waals surface area contributed by atoms with Gasteiger partial charge >= 0.3 is 0 Å². The number of carbonyl (C=O) groups excluding carboxylic acids is 1. The van der Waals surface area contributed by atoms with Crippen LogP contribution >= 0.6 is 11.6 Å². The van der Waals surface area contributed by atoms with Gasteiger partial charge in [0.15, 0.2) is 0 Å². The molecular weight excluding hydrogens is 222 g/mol. The Balaban J connectivity index is 2.51. The number of carbonyl (C=O) groups is 1. The lowest BCUT2D eigenvalue weighted by Gasteiger charge is -2.37. The second kappa shape index (κ2) is 5.39. The van der Waals surface area contributed by atoms with E-state index < -0.39 is 0 Å². The molecule has 1 saturated heterocycles. The highest BCUT2D eigenvalue weighted by atomic mass is 35.5. The predicted molar refractivity (Wildman–Crippen MR) is 68.7 cm³/mol. The van der Waals surface area contributed by atoms with Gasteiger partial charge < -0.3 is 4.90 Å². The van der Waals surface area contributed by atoms with Crippen LogP contribution in [0.4, 0.5) is 0 Å². The summed E-state index contributed by atoms with van der Waals surface area (Å²) in [5.74, 6) is 0.881. The number of alkyl halides is 1. The summed E-state index contributed by atoms with van der Waals surface area (Å²) >= 11 is 6.10. The second-order valence-electron chi connectivity index (χ2n) is 5.54. The van der Waals surface area contributed by atoms with E-state index in [-0.39, 0.29) is 10.8 Å². The van der Waals surface area contributed by atoms with E-state index in [0.29, 0.717) is 11.8 Å². The molecule has 1 aliphatic rings. The first-order valence-electron chi connectivity index (χ1n) is 6.32. The zero-order valence-electron chi connectivity index (χ0n) is 10.9. The fraction of sp³-hybridized carbons (Fsp3) is 0.923. The Bertz CT molecular complexity index is 242. The maximum Gasteiger partial charge on any atom is 0.228 e. The van der Waals surface area contributed by atoms with E-state index >= 15 is 0 Å². The highest BCUT2D eigenvalue weighted by molar-refractivity contribution is 6.20. The van der Waals surface area contributed by atoms with E-state index in [0.717, 1.165) is 32.4 Å². The molecule has 0 aromatic carbocycles. The summed E-state index contributed by atoms with van der Waals surface area (Å²) in [6.07, 6.45) is 3.00. The number of hydrogen-bond donors (Lipinski definition) is 0. The van der Waals surface area contributed by atoms with Crippen molar-refractivity contribution in [1.29, 1.82) is 0 Å². The van der Waals surface area contributed by atoms with Gasteiger partial charge in [0.05, 0.1) is 0 Å². The van der Waals surface area contributed by atoms with Crippen LogP contribution in [0.1, 0.15) is 47.0 Å². The summed E-state index contributed by atoms with van der Waals surface area (Å²) < 4.78 is 0. The third-order valence-corrected chi connectivity index (χ3v) is 4.30. The van der Waals surface area contributed by atoms with E-state index in [2.05, 4.69) is 13.8 Å². The maximum absolute atomic E-state index is 12.2. The zero-order chi connectivity index (χ0) is 12.3. The molecule has 3 heteroatoms. The van der Waals surface area contributed by atoms with E-state index in [4.69, 9.17) is 11.6 Å². The van der Waals surface area contributed by atoms with Crippen molar-refractivity contribution in [3.8, 4) is 0 Å². The first-order chi connectivity index (χ1) is 7.38. The summed E-state index contributed by atoms with van der Waals surface area (Å²) in [5.41, 5.74) is -0.209. The fourth-order valence-corrected chi connectivity index (χ4v) is 2.39. The average Bonchev–Trinajstić information content (AvgIpc) is 2.28. The van der Waals surface area contributed by atoms with Crippen LogP contribution in [-0.2, 0) is 4.79 Å². The van der Waals surface area contributed by atoms with Gasteiger partial charge in [-0.2, -0.15) is 0 Å². The Morgan fingerprint density at radius 1 is 1.44 bits per heavy atom. The van der Waals surface area contributed by atoms with Gasteiger partial charge in [-0.15, -0.1) is 11.6 Å². The van der Waals surface area contributed by atoms with Crippen molar-refractivity contribution in [2.24, 2.45) is 11.3 Å². The summed E-state index contributed by atoms with van der Waals surface area (Å²) in [6, 6.07) is 0. The molecule has 1 aliphatic heterocycles. The first kappa shape index (κ1) is 13.8. The second-order valence-corrected chi connectivity index (χ2v) is 6.23. The van der Waals surface area contributed by atoms with Crippen molar-refractivity contribution in [3.63, 3.8) is 0 Å². The van der Waals surface area contributed by atoms with Gasteiger partial charge in [-0.05, 0) is 32.1 Å². The van der Waals surface area contributed by atoms with Crippen LogP contribution in [0.25, 0.3) is 0 Å². The standard InChI is InChI=1S/C13H24ClNO/c1-5-13(3,4)12(16)15-8-6-11(7-9-15)10(2)14/h10-11H,5-9H2,1-4H3. The van der Waals surface area contributed by atoms with Crippen LogP contribution in [0.2, 0.25) is 0 Å². The summed E-state index contributed by atoms with van der Waals surface area (Å²) in [7, 11) is 0. The Morgan fingerprint density at radius 2 is 1.94 bits per heavy atom. The molecule has 1 amide bonds. The van der Waals surface area contributed by atoms with Crippen molar-refractivity contribution in [2.75, 3.05) is 13.1 Å². The van der Waals surface area contributed by atoms with Gasteiger partial charge in [0.2, 0.25) is 5.91 Å². The van der Waals surface area contributed by atoms with Crippen LogP contribution in [-0.4, -0.2) is 29.3 Å². The minimum Gasteiger partial charge on any atom is -0.342 e. The lowest BCUT2D eigenvalue weighted by Crippen LogP contribution is -2.45. The number of nitrogens with zero attached hydrogens (tertiary/aromatic N) is 1. The Kier molecular flexibility index (Phi) is 4.66.